The van der Waals surface area contributed by atoms with Crippen LogP contribution in [-0.2, 0) is 9.53 Å². The SMILES string of the molecule is COCCC(=O)N1CCN(CC(C)CN)CC1. The molecule has 17 heavy (non-hydrogen) atoms. The highest BCUT2D eigenvalue weighted by Gasteiger charge is 2.21. The van der Waals surface area contributed by atoms with E-state index in [1.54, 1.807) is 7.11 Å². The maximum Gasteiger partial charge on any atom is 0.224 e. The monoisotopic (exact) mass is 243 g/mol. The molecule has 1 amide bonds. The Hall–Kier alpha value is -0.650. The van der Waals surface area contributed by atoms with Crippen LogP contribution in [0.3, 0.4) is 0 Å². The largest absolute Gasteiger partial charge is 0.384 e. The van der Waals surface area contributed by atoms with Crippen LogP contribution in [0, 0.1) is 5.92 Å². The van der Waals surface area contributed by atoms with Gasteiger partial charge in [-0.05, 0) is 12.5 Å². The molecule has 1 saturated heterocycles. The third kappa shape index (κ3) is 5.02. The molecule has 0 aromatic heterocycles. The number of hydrogen-bond donors (Lipinski definition) is 1. The molecular weight excluding hydrogens is 218 g/mol. The van der Waals surface area contributed by atoms with Gasteiger partial charge in [0.25, 0.3) is 0 Å². The van der Waals surface area contributed by atoms with Crippen molar-refractivity contribution in [1.82, 2.24) is 9.80 Å². The molecule has 1 unspecified atom stereocenters. The van der Waals surface area contributed by atoms with Crippen LogP contribution in [0.15, 0.2) is 0 Å². The summed E-state index contributed by atoms with van der Waals surface area (Å²) in [5.41, 5.74) is 5.61. The van der Waals surface area contributed by atoms with Crippen molar-refractivity contribution >= 4 is 5.91 Å². The van der Waals surface area contributed by atoms with Gasteiger partial charge in [-0.15, -0.1) is 0 Å². The van der Waals surface area contributed by atoms with Crippen LogP contribution < -0.4 is 5.73 Å². The molecule has 1 aliphatic rings. The van der Waals surface area contributed by atoms with Crippen molar-refractivity contribution in [3.05, 3.63) is 0 Å². The van der Waals surface area contributed by atoms with Crippen molar-refractivity contribution in [2.24, 2.45) is 11.7 Å². The summed E-state index contributed by atoms with van der Waals surface area (Å²) in [6.07, 6.45) is 0.496. The molecule has 2 N–H and O–H groups in total. The Morgan fingerprint density at radius 2 is 2.00 bits per heavy atom. The van der Waals surface area contributed by atoms with Gasteiger partial charge in [-0.2, -0.15) is 0 Å². The van der Waals surface area contributed by atoms with Crippen LogP contribution >= 0.6 is 0 Å². The summed E-state index contributed by atoms with van der Waals surface area (Å²) in [4.78, 5) is 16.1. The maximum atomic E-state index is 11.7. The number of ether oxygens (including phenoxy) is 1. The maximum absolute atomic E-state index is 11.7. The van der Waals surface area contributed by atoms with Crippen LogP contribution in [0.1, 0.15) is 13.3 Å². The Kier molecular flexibility index (Phi) is 6.47. The van der Waals surface area contributed by atoms with E-state index in [1.807, 2.05) is 4.90 Å². The predicted octanol–water partition coefficient (Wildman–Crippen LogP) is -0.238. The summed E-state index contributed by atoms with van der Waals surface area (Å²) < 4.78 is 4.92. The lowest BCUT2D eigenvalue weighted by Crippen LogP contribution is -2.50. The Labute approximate surface area is 104 Å². The number of piperazine rings is 1. The van der Waals surface area contributed by atoms with E-state index in [-0.39, 0.29) is 5.91 Å². The number of rotatable bonds is 6. The van der Waals surface area contributed by atoms with Gasteiger partial charge in [0.2, 0.25) is 5.91 Å². The summed E-state index contributed by atoms with van der Waals surface area (Å²) in [7, 11) is 1.62. The zero-order chi connectivity index (χ0) is 12.7. The van der Waals surface area contributed by atoms with Gasteiger partial charge in [-0.3, -0.25) is 9.69 Å². The Morgan fingerprint density at radius 1 is 1.35 bits per heavy atom. The Balaban J connectivity index is 2.23. The number of amides is 1. The quantitative estimate of drug-likeness (QED) is 0.699. The highest BCUT2D eigenvalue weighted by atomic mass is 16.5. The van der Waals surface area contributed by atoms with E-state index >= 15 is 0 Å². The number of carbonyl (C=O) groups is 1. The second-order valence-corrected chi connectivity index (χ2v) is 4.77. The first-order valence-electron chi connectivity index (χ1n) is 6.36. The molecule has 5 heteroatoms. The predicted molar refractivity (Wildman–Crippen MR) is 67.7 cm³/mol. The van der Waals surface area contributed by atoms with Gasteiger partial charge in [0.05, 0.1) is 13.0 Å². The Bertz CT molecular complexity index is 228. The van der Waals surface area contributed by atoms with Gasteiger partial charge in [-0.1, -0.05) is 6.92 Å². The number of methoxy groups -OCH3 is 1. The first kappa shape index (κ1) is 14.4. The second-order valence-electron chi connectivity index (χ2n) is 4.77. The summed E-state index contributed by atoms with van der Waals surface area (Å²) in [5.74, 6) is 0.740. The molecule has 0 bridgehead atoms. The minimum atomic E-state index is 0.207. The summed E-state index contributed by atoms with van der Waals surface area (Å²) in [6, 6.07) is 0. The van der Waals surface area contributed by atoms with Crippen molar-refractivity contribution in [2.75, 3.05) is 53.0 Å². The molecule has 0 aromatic carbocycles. The van der Waals surface area contributed by atoms with E-state index in [2.05, 4.69) is 11.8 Å². The lowest BCUT2D eigenvalue weighted by atomic mass is 10.1. The van der Waals surface area contributed by atoms with Crippen LogP contribution in [0.25, 0.3) is 0 Å². The first-order valence-corrected chi connectivity index (χ1v) is 6.36. The van der Waals surface area contributed by atoms with E-state index in [9.17, 15) is 4.79 Å². The normalized spacial score (nSPS) is 19.4. The minimum absolute atomic E-state index is 0.207. The molecule has 1 atom stereocenters. The lowest BCUT2D eigenvalue weighted by molar-refractivity contribution is -0.133. The zero-order valence-electron chi connectivity index (χ0n) is 11.0. The van der Waals surface area contributed by atoms with Crippen LogP contribution in [0.5, 0.6) is 0 Å². The average Bonchev–Trinajstić information content (AvgIpc) is 2.36. The van der Waals surface area contributed by atoms with E-state index in [1.165, 1.54) is 0 Å². The third-order valence-corrected chi connectivity index (χ3v) is 3.22. The molecule has 0 saturated carbocycles. The van der Waals surface area contributed by atoms with E-state index in [4.69, 9.17) is 10.5 Å². The first-order chi connectivity index (χ1) is 8.17. The van der Waals surface area contributed by atoms with Crippen LogP contribution in [0.4, 0.5) is 0 Å². The lowest BCUT2D eigenvalue weighted by Gasteiger charge is -2.35. The van der Waals surface area contributed by atoms with Gasteiger partial charge in [-0.25, -0.2) is 0 Å². The highest BCUT2D eigenvalue weighted by Crippen LogP contribution is 2.06. The topological polar surface area (TPSA) is 58.8 Å². The second kappa shape index (κ2) is 7.63. The van der Waals surface area contributed by atoms with Crippen LogP contribution in [-0.4, -0.2) is 68.7 Å². The highest BCUT2D eigenvalue weighted by molar-refractivity contribution is 5.76. The van der Waals surface area contributed by atoms with E-state index in [0.29, 0.717) is 18.9 Å². The molecule has 0 spiro atoms. The molecule has 1 heterocycles. The third-order valence-electron chi connectivity index (χ3n) is 3.22. The minimum Gasteiger partial charge on any atom is -0.384 e. The van der Waals surface area contributed by atoms with Gasteiger partial charge >= 0.3 is 0 Å². The van der Waals surface area contributed by atoms with Gasteiger partial charge < -0.3 is 15.4 Å². The number of carbonyl (C=O) groups excluding carboxylic acids is 1. The fraction of sp³-hybridized carbons (Fsp3) is 0.917. The molecule has 100 valence electrons. The van der Waals surface area contributed by atoms with Crippen molar-refractivity contribution in [2.45, 2.75) is 13.3 Å². The van der Waals surface area contributed by atoms with Crippen molar-refractivity contribution in [3.8, 4) is 0 Å². The standard InChI is InChI=1S/C12H25N3O2/c1-11(9-13)10-14-4-6-15(7-5-14)12(16)3-8-17-2/h11H,3-10,13H2,1-2H3. The van der Waals surface area contributed by atoms with Crippen molar-refractivity contribution in [1.29, 1.82) is 0 Å². The molecule has 1 fully saturated rings. The smallest absolute Gasteiger partial charge is 0.224 e. The number of nitrogens with zero attached hydrogens (tertiary/aromatic N) is 2. The fourth-order valence-corrected chi connectivity index (χ4v) is 2.04. The molecule has 1 aliphatic heterocycles. The summed E-state index contributed by atoms with van der Waals surface area (Å²) in [6.45, 7) is 8.04. The molecule has 5 nitrogen and oxygen atoms in total. The van der Waals surface area contributed by atoms with Crippen molar-refractivity contribution in [3.63, 3.8) is 0 Å². The van der Waals surface area contributed by atoms with Gasteiger partial charge in [0.15, 0.2) is 0 Å². The number of hydrogen-bond acceptors (Lipinski definition) is 4. The number of nitrogens with two attached hydrogens (primary N) is 1. The van der Waals surface area contributed by atoms with Crippen molar-refractivity contribution < 1.29 is 9.53 Å². The summed E-state index contributed by atoms with van der Waals surface area (Å²) in [5, 5.41) is 0. The molecular formula is C12H25N3O2. The molecule has 1 rings (SSSR count). The molecule has 0 radical (unpaired) electrons. The van der Waals surface area contributed by atoms with Gasteiger partial charge in [0.1, 0.15) is 0 Å². The van der Waals surface area contributed by atoms with E-state index < -0.39 is 0 Å². The zero-order valence-corrected chi connectivity index (χ0v) is 11.0. The average molecular weight is 243 g/mol. The molecule has 0 aliphatic carbocycles. The van der Waals surface area contributed by atoms with Gasteiger partial charge in [0, 0.05) is 39.8 Å². The fourth-order valence-electron chi connectivity index (χ4n) is 2.04. The van der Waals surface area contributed by atoms with Crippen LogP contribution in [0.2, 0.25) is 0 Å². The molecule has 0 aromatic rings. The van der Waals surface area contributed by atoms with E-state index in [0.717, 1.165) is 39.3 Å². The summed E-state index contributed by atoms with van der Waals surface area (Å²) >= 11 is 0. The Morgan fingerprint density at radius 3 is 2.53 bits per heavy atom.